The molecule has 1 fully saturated rings. The summed E-state index contributed by atoms with van der Waals surface area (Å²) in [6.45, 7) is 2.50. The molecule has 0 unspecified atom stereocenters. The number of ketones is 1. The second-order valence-corrected chi connectivity index (χ2v) is 9.29. The van der Waals surface area contributed by atoms with Gasteiger partial charge in [0.2, 0.25) is 5.13 Å². The Balaban J connectivity index is 1.29. The van der Waals surface area contributed by atoms with Gasteiger partial charge in [0.25, 0.3) is 5.91 Å². The van der Waals surface area contributed by atoms with E-state index in [1.54, 1.807) is 59.1 Å². The highest BCUT2D eigenvalue weighted by atomic mass is 32.1. The third-order valence-electron chi connectivity index (χ3n) is 5.42. The molecule has 4 aromatic rings. The van der Waals surface area contributed by atoms with Crippen molar-refractivity contribution >= 4 is 39.5 Å². The van der Waals surface area contributed by atoms with Crippen LogP contribution in [0, 0.1) is 0 Å². The topological polar surface area (TPSA) is 66.4 Å². The zero-order valence-electron chi connectivity index (χ0n) is 17.2. The van der Waals surface area contributed by atoms with Crippen LogP contribution in [0.3, 0.4) is 0 Å². The highest BCUT2D eigenvalue weighted by molar-refractivity contribution is 7.22. The van der Waals surface area contributed by atoms with Crippen LogP contribution in [0.25, 0.3) is 9.88 Å². The lowest BCUT2D eigenvalue weighted by atomic mass is 9.97. The first-order chi connectivity index (χ1) is 15.7. The molecular formula is C24H20N4O2S2. The van der Waals surface area contributed by atoms with Crippen LogP contribution in [0.15, 0.2) is 72.1 Å². The molecule has 1 aliphatic heterocycles. The summed E-state index contributed by atoms with van der Waals surface area (Å²) in [4.78, 5) is 31.4. The van der Waals surface area contributed by atoms with E-state index in [1.807, 2.05) is 40.6 Å². The lowest BCUT2D eigenvalue weighted by Crippen LogP contribution is -2.49. The number of piperazine rings is 1. The Morgan fingerprint density at radius 3 is 2.22 bits per heavy atom. The van der Waals surface area contributed by atoms with Crippen molar-refractivity contribution in [3.8, 4) is 9.88 Å². The fourth-order valence-corrected chi connectivity index (χ4v) is 5.42. The third-order valence-corrected chi connectivity index (χ3v) is 7.44. The van der Waals surface area contributed by atoms with E-state index < -0.39 is 0 Å². The second-order valence-electron chi connectivity index (χ2n) is 7.39. The van der Waals surface area contributed by atoms with Crippen molar-refractivity contribution in [1.82, 2.24) is 15.1 Å². The fraction of sp³-hybridized carbons (Fsp3) is 0.167. The first-order valence-corrected chi connectivity index (χ1v) is 12.0. The average molecular weight is 461 g/mol. The Bertz CT molecular complexity index is 1230. The number of amides is 1. The van der Waals surface area contributed by atoms with Crippen molar-refractivity contribution in [3.05, 3.63) is 88.8 Å². The molecule has 2 aromatic carbocycles. The summed E-state index contributed by atoms with van der Waals surface area (Å²) >= 11 is 3.22. The molecule has 1 saturated heterocycles. The van der Waals surface area contributed by atoms with Gasteiger partial charge in [0, 0.05) is 37.3 Å². The van der Waals surface area contributed by atoms with Gasteiger partial charge in [-0.25, -0.2) is 0 Å². The first-order valence-electron chi connectivity index (χ1n) is 10.3. The highest BCUT2D eigenvalue weighted by Crippen LogP contribution is 2.32. The van der Waals surface area contributed by atoms with E-state index in [0.29, 0.717) is 42.9 Å². The lowest BCUT2D eigenvalue weighted by molar-refractivity contribution is 0.0742. The summed E-state index contributed by atoms with van der Waals surface area (Å²) in [5.74, 6) is -0.246. The fourth-order valence-electron chi connectivity index (χ4n) is 3.73. The van der Waals surface area contributed by atoms with E-state index in [4.69, 9.17) is 0 Å². The summed E-state index contributed by atoms with van der Waals surface area (Å²) in [7, 11) is 0. The van der Waals surface area contributed by atoms with Gasteiger partial charge in [-0.1, -0.05) is 65.9 Å². The van der Waals surface area contributed by atoms with Gasteiger partial charge in [-0.05, 0) is 17.5 Å². The van der Waals surface area contributed by atoms with Crippen molar-refractivity contribution in [2.45, 2.75) is 0 Å². The number of carbonyl (C=O) groups is 2. The summed E-state index contributed by atoms with van der Waals surface area (Å²) in [6.07, 6.45) is 0. The Morgan fingerprint density at radius 1 is 0.781 bits per heavy atom. The number of carbonyl (C=O) groups excluding carboxylic acids is 2. The molecule has 0 aliphatic carbocycles. The van der Waals surface area contributed by atoms with Gasteiger partial charge in [0.15, 0.2) is 10.8 Å². The normalized spacial score (nSPS) is 13.9. The van der Waals surface area contributed by atoms with Crippen molar-refractivity contribution in [3.63, 3.8) is 0 Å². The van der Waals surface area contributed by atoms with Gasteiger partial charge in [0.05, 0.1) is 10.4 Å². The molecule has 3 heterocycles. The predicted octanol–water partition coefficient (Wildman–Crippen LogP) is 4.46. The first kappa shape index (κ1) is 20.5. The second kappa shape index (κ2) is 9.02. The molecule has 0 radical (unpaired) electrons. The maximum absolute atomic E-state index is 13.3. The molecule has 8 heteroatoms. The number of nitrogens with zero attached hydrogens (tertiary/aromatic N) is 4. The molecular weight excluding hydrogens is 440 g/mol. The standard InChI is InChI=1S/C24H20N4O2S2/c29-21(17-7-2-1-3-8-17)18-9-4-5-10-19(18)23(30)27-12-14-28(15-13-27)24-26-25-22(32-24)20-11-6-16-31-20/h1-11,16H,12-15H2. The molecule has 0 atom stereocenters. The quantitative estimate of drug-likeness (QED) is 0.412. The van der Waals surface area contributed by atoms with Crippen molar-refractivity contribution < 1.29 is 9.59 Å². The molecule has 6 nitrogen and oxygen atoms in total. The minimum Gasteiger partial charge on any atom is -0.343 e. The summed E-state index contributed by atoms with van der Waals surface area (Å²) in [5, 5.41) is 12.5. The third kappa shape index (κ3) is 4.06. The highest BCUT2D eigenvalue weighted by Gasteiger charge is 2.27. The average Bonchev–Trinajstić information content (AvgIpc) is 3.56. The number of benzene rings is 2. The molecule has 160 valence electrons. The van der Waals surface area contributed by atoms with Crippen molar-refractivity contribution in [2.24, 2.45) is 0 Å². The molecule has 32 heavy (non-hydrogen) atoms. The summed E-state index contributed by atoms with van der Waals surface area (Å²) < 4.78 is 0. The Morgan fingerprint density at radius 2 is 1.50 bits per heavy atom. The number of anilines is 1. The molecule has 0 N–H and O–H groups in total. The van der Waals surface area contributed by atoms with Crippen LogP contribution in [0.4, 0.5) is 5.13 Å². The van der Waals surface area contributed by atoms with Gasteiger partial charge in [-0.3, -0.25) is 9.59 Å². The Kier molecular flexibility index (Phi) is 5.79. The maximum atomic E-state index is 13.3. The van der Waals surface area contributed by atoms with Crippen LogP contribution in [0.5, 0.6) is 0 Å². The smallest absolute Gasteiger partial charge is 0.254 e. The zero-order valence-corrected chi connectivity index (χ0v) is 18.8. The van der Waals surface area contributed by atoms with E-state index >= 15 is 0 Å². The number of hydrogen-bond donors (Lipinski definition) is 0. The molecule has 1 aliphatic rings. The van der Waals surface area contributed by atoms with Gasteiger partial charge in [0.1, 0.15) is 0 Å². The van der Waals surface area contributed by atoms with Crippen molar-refractivity contribution in [1.29, 1.82) is 0 Å². The summed E-state index contributed by atoms with van der Waals surface area (Å²) in [5.41, 5.74) is 1.47. The SMILES string of the molecule is O=C(c1ccccc1)c1ccccc1C(=O)N1CCN(c2nnc(-c3cccs3)s2)CC1. The Hall–Kier alpha value is -3.36. The van der Waals surface area contributed by atoms with E-state index in [1.165, 1.54) is 0 Å². The number of aromatic nitrogens is 2. The Labute approximate surface area is 193 Å². The lowest BCUT2D eigenvalue weighted by Gasteiger charge is -2.34. The molecule has 0 spiro atoms. The largest absolute Gasteiger partial charge is 0.343 e. The number of thiophene rings is 1. The van der Waals surface area contributed by atoms with Crippen LogP contribution in [-0.2, 0) is 0 Å². The van der Waals surface area contributed by atoms with Crippen LogP contribution in [0.2, 0.25) is 0 Å². The van der Waals surface area contributed by atoms with Gasteiger partial charge in [-0.2, -0.15) is 0 Å². The minimum atomic E-state index is -0.136. The molecule has 1 amide bonds. The van der Waals surface area contributed by atoms with Crippen LogP contribution in [-0.4, -0.2) is 53.0 Å². The van der Waals surface area contributed by atoms with Gasteiger partial charge in [-0.15, -0.1) is 21.5 Å². The van der Waals surface area contributed by atoms with Crippen LogP contribution in [0.1, 0.15) is 26.3 Å². The molecule has 2 aromatic heterocycles. The van der Waals surface area contributed by atoms with Crippen LogP contribution >= 0.6 is 22.7 Å². The number of hydrogen-bond acceptors (Lipinski definition) is 7. The number of rotatable bonds is 5. The van der Waals surface area contributed by atoms with E-state index in [2.05, 4.69) is 15.1 Å². The predicted molar refractivity (Wildman–Crippen MR) is 128 cm³/mol. The molecule has 5 rings (SSSR count). The van der Waals surface area contributed by atoms with E-state index in [0.717, 1.165) is 15.0 Å². The van der Waals surface area contributed by atoms with E-state index in [-0.39, 0.29) is 11.7 Å². The van der Waals surface area contributed by atoms with Gasteiger partial charge < -0.3 is 9.80 Å². The minimum absolute atomic E-state index is 0.110. The zero-order chi connectivity index (χ0) is 21.9. The molecule has 0 bridgehead atoms. The summed E-state index contributed by atoms with van der Waals surface area (Å²) in [6, 6.07) is 20.2. The monoisotopic (exact) mass is 460 g/mol. The van der Waals surface area contributed by atoms with E-state index in [9.17, 15) is 9.59 Å². The van der Waals surface area contributed by atoms with Gasteiger partial charge >= 0.3 is 0 Å². The molecule has 0 saturated carbocycles. The maximum Gasteiger partial charge on any atom is 0.254 e. The van der Waals surface area contributed by atoms with Crippen molar-refractivity contribution in [2.75, 3.05) is 31.1 Å². The van der Waals surface area contributed by atoms with Crippen LogP contribution < -0.4 is 4.90 Å².